The molecule has 2 aromatic carbocycles. The predicted molar refractivity (Wildman–Crippen MR) is 107 cm³/mol. The van der Waals surface area contributed by atoms with Crippen molar-refractivity contribution in [1.82, 2.24) is 0 Å². The van der Waals surface area contributed by atoms with Gasteiger partial charge in [0.25, 0.3) is 5.69 Å². The zero-order valence-corrected chi connectivity index (χ0v) is 15.3. The Bertz CT molecular complexity index is 1110. The molecular weight excluding hydrogens is 370 g/mol. The number of benzene rings is 2. The van der Waals surface area contributed by atoms with Gasteiger partial charge in [-0.1, -0.05) is 0 Å². The molecule has 0 fully saturated rings. The summed E-state index contributed by atoms with van der Waals surface area (Å²) in [4.78, 5) is 22.3. The second kappa shape index (κ2) is 7.42. The number of aryl methyl sites for hydroxylation is 1. The number of nitrogens with zero attached hydrogens (tertiary/aromatic N) is 1. The Morgan fingerprint density at radius 2 is 1.96 bits per heavy atom. The molecule has 0 spiro atoms. The van der Waals surface area contributed by atoms with Crippen LogP contribution in [0, 0.1) is 17.0 Å². The van der Waals surface area contributed by atoms with Crippen molar-refractivity contribution in [2.75, 3.05) is 17.7 Å². The highest BCUT2D eigenvalue weighted by Gasteiger charge is 2.16. The molecule has 1 aromatic heterocycles. The van der Waals surface area contributed by atoms with E-state index in [2.05, 4.69) is 10.6 Å². The van der Waals surface area contributed by atoms with Crippen LogP contribution in [0.3, 0.4) is 0 Å². The van der Waals surface area contributed by atoms with Crippen LogP contribution in [-0.4, -0.2) is 17.1 Å². The second-order valence-corrected chi connectivity index (χ2v) is 6.09. The molecule has 0 saturated carbocycles. The Hall–Kier alpha value is -3.46. The van der Waals surface area contributed by atoms with Crippen LogP contribution in [0.25, 0.3) is 11.0 Å². The van der Waals surface area contributed by atoms with Crippen molar-refractivity contribution in [1.29, 1.82) is 0 Å². The summed E-state index contributed by atoms with van der Waals surface area (Å²) in [5.74, 6) is 0.367. The number of anilines is 2. The molecule has 0 saturated heterocycles. The first kappa shape index (κ1) is 18.3. The largest absolute Gasteiger partial charge is 0.496 e. The molecule has 0 amide bonds. The van der Waals surface area contributed by atoms with E-state index in [0.717, 1.165) is 10.9 Å². The molecule has 3 rings (SSSR count). The van der Waals surface area contributed by atoms with Crippen LogP contribution in [0.15, 0.2) is 51.7 Å². The first-order chi connectivity index (χ1) is 12.9. The van der Waals surface area contributed by atoms with Gasteiger partial charge in [-0.15, -0.1) is 0 Å². The molecule has 0 unspecified atom stereocenters. The van der Waals surface area contributed by atoms with E-state index < -0.39 is 10.5 Å². The van der Waals surface area contributed by atoms with Crippen molar-refractivity contribution in [2.45, 2.75) is 6.92 Å². The summed E-state index contributed by atoms with van der Waals surface area (Å²) in [5.41, 5.74) is 1.42. The first-order valence-electron chi connectivity index (χ1n) is 7.82. The number of nitro groups is 1. The van der Waals surface area contributed by atoms with Crippen molar-refractivity contribution in [3.05, 3.63) is 68.6 Å². The molecule has 9 heteroatoms. The van der Waals surface area contributed by atoms with Crippen LogP contribution in [-0.2, 0) is 0 Å². The summed E-state index contributed by atoms with van der Waals surface area (Å²) >= 11 is 5.23. The number of fused-ring (bicyclic) bond motifs is 1. The molecule has 0 radical (unpaired) electrons. The molecule has 1 heterocycles. The van der Waals surface area contributed by atoms with E-state index in [-0.39, 0.29) is 16.5 Å². The number of ether oxygens (including phenoxy) is 1. The number of rotatable bonds is 4. The smallest absolute Gasteiger partial charge is 0.336 e. The summed E-state index contributed by atoms with van der Waals surface area (Å²) in [6.07, 6.45) is 0. The number of methoxy groups -OCH3 is 1. The fourth-order valence-corrected chi connectivity index (χ4v) is 2.81. The normalized spacial score (nSPS) is 10.4. The average Bonchev–Trinajstić information content (AvgIpc) is 2.61. The topological polar surface area (TPSA) is 107 Å². The highest BCUT2D eigenvalue weighted by atomic mass is 32.1. The Labute approximate surface area is 158 Å². The Morgan fingerprint density at radius 3 is 2.67 bits per heavy atom. The number of thiocarbonyl (C=S) groups is 1. The van der Waals surface area contributed by atoms with E-state index in [0.29, 0.717) is 17.0 Å². The van der Waals surface area contributed by atoms with Gasteiger partial charge in [0, 0.05) is 23.2 Å². The third-order valence-electron chi connectivity index (χ3n) is 3.86. The lowest BCUT2D eigenvalue weighted by Crippen LogP contribution is -2.19. The van der Waals surface area contributed by atoms with Gasteiger partial charge in [0.05, 0.1) is 18.1 Å². The lowest BCUT2D eigenvalue weighted by Gasteiger charge is -2.12. The highest BCUT2D eigenvalue weighted by molar-refractivity contribution is 7.80. The van der Waals surface area contributed by atoms with E-state index in [1.807, 2.05) is 6.92 Å². The van der Waals surface area contributed by atoms with Gasteiger partial charge in [0.15, 0.2) is 5.11 Å². The quantitative estimate of drug-likeness (QED) is 0.302. The Kier molecular flexibility index (Phi) is 5.04. The van der Waals surface area contributed by atoms with Gasteiger partial charge in [-0.25, -0.2) is 4.79 Å². The van der Waals surface area contributed by atoms with Crippen molar-refractivity contribution in [3.8, 4) is 5.75 Å². The minimum absolute atomic E-state index is 0.151. The third-order valence-corrected chi connectivity index (χ3v) is 4.06. The molecule has 0 aliphatic rings. The molecular formula is C18H15N3O5S. The van der Waals surface area contributed by atoms with Gasteiger partial charge < -0.3 is 19.8 Å². The fourth-order valence-electron chi connectivity index (χ4n) is 2.58. The maximum Gasteiger partial charge on any atom is 0.336 e. The maximum absolute atomic E-state index is 11.5. The van der Waals surface area contributed by atoms with Crippen LogP contribution in [0.2, 0.25) is 0 Å². The van der Waals surface area contributed by atoms with Gasteiger partial charge in [-0.2, -0.15) is 0 Å². The minimum Gasteiger partial charge on any atom is -0.496 e. The summed E-state index contributed by atoms with van der Waals surface area (Å²) in [5, 5.41) is 17.9. The summed E-state index contributed by atoms with van der Waals surface area (Å²) in [6.45, 7) is 1.82. The van der Waals surface area contributed by atoms with Crippen LogP contribution in [0.5, 0.6) is 5.75 Å². The van der Waals surface area contributed by atoms with Gasteiger partial charge in [0.1, 0.15) is 17.0 Å². The van der Waals surface area contributed by atoms with E-state index in [4.69, 9.17) is 21.4 Å². The number of hydrogen-bond donors (Lipinski definition) is 2. The molecule has 3 aromatic rings. The highest BCUT2D eigenvalue weighted by Crippen LogP contribution is 2.29. The molecule has 0 aliphatic carbocycles. The van der Waals surface area contributed by atoms with E-state index in [1.54, 1.807) is 24.3 Å². The zero-order chi connectivity index (χ0) is 19.6. The lowest BCUT2D eigenvalue weighted by atomic mass is 10.1. The molecule has 138 valence electrons. The molecule has 27 heavy (non-hydrogen) atoms. The second-order valence-electron chi connectivity index (χ2n) is 5.68. The first-order valence-corrected chi connectivity index (χ1v) is 8.23. The third kappa shape index (κ3) is 4.04. The van der Waals surface area contributed by atoms with Crippen LogP contribution in [0.4, 0.5) is 17.1 Å². The monoisotopic (exact) mass is 385 g/mol. The van der Waals surface area contributed by atoms with E-state index in [1.165, 1.54) is 25.3 Å². The van der Waals surface area contributed by atoms with Crippen LogP contribution >= 0.6 is 12.2 Å². The fraction of sp³-hybridized carbons (Fsp3) is 0.111. The minimum atomic E-state index is -0.527. The van der Waals surface area contributed by atoms with Gasteiger partial charge >= 0.3 is 5.63 Å². The number of nitro benzene ring substituents is 1. The molecule has 2 N–H and O–H groups in total. The Balaban J connectivity index is 1.83. The number of nitrogens with one attached hydrogen (secondary N) is 2. The SMILES string of the molecule is COc1ccc(NC(=S)Nc2ccc3c(C)cc(=O)oc3c2)c([N+](=O)[O-])c1. The molecule has 0 bridgehead atoms. The van der Waals surface area contributed by atoms with Gasteiger partial charge in [-0.3, -0.25) is 10.1 Å². The van der Waals surface area contributed by atoms with Crippen molar-refractivity contribution < 1.29 is 14.1 Å². The molecule has 0 aliphatic heterocycles. The number of hydrogen-bond acceptors (Lipinski definition) is 6. The van der Waals surface area contributed by atoms with Crippen molar-refractivity contribution in [2.24, 2.45) is 0 Å². The van der Waals surface area contributed by atoms with Crippen LogP contribution in [0.1, 0.15) is 5.56 Å². The predicted octanol–water partition coefficient (Wildman–Crippen LogP) is 3.83. The summed E-state index contributed by atoms with van der Waals surface area (Å²) in [7, 11) is 1.43. The maximum atomic E-state index is 11.5. The zero-order valence-electron chi connectivity index (χ0n) is 14.4. The molecule has 8 nitrogen and oxygen atoms in total. The van der Waals surface area contributed by atoms with E-state index in [9.17, 15) is 14.9 Å². The summed E-state index contributed by atoms with van der Waals surface area (Å²) in [6, 6.07) is 11.0. The van der Waals surface area contributed by atoms with Gasteiger partial charge in [0.2, 0.25) is 0 Å². The van der Waals surface area contributed by atoms with Crippen molar-refractivity contribution >= 4 is 45.4 Å². The molecule has 0 atom stereocenters. The van der Waals surface area contributed by atoms with Crippen LogP contribution < -0.4 is 21.0 Å². The van der Waals surface area contributed by atoms with E-state index >= 15 is 0 Å². The van der Waals surface area contributed by atoms with Crippen molar-refractivity contribution in [3.63, 3.8) is 0 Å². The van der Waals surface area contributed by atoms with Gasteiger partial charge in [-0.05, 0) is 49.0 Å². The Morgan fingerprint density at radius 1 is 1.19 bits per heavy atom. The average molecular weight is 385 g/mol. The summed E-state index contributed by atoms with van der Waals surface area (Å²) < 4.78 is 10.2. The standard InChI is InChI=1S/C18H15N3O5S/c1-10-7-17(22)26-16-8-11(3-5-13(10)16)19-18(27)20-14-6-4-12(25-2)9-15(14)21(23)24/h3-9H,1-2H3,(H2,19,20,27). The lowest BCUT2D eigenvalue weighted by molar-refractivity contribution is -0.384.